The van der Waals surface area contributed by atoms with Crippen LogP contribution in [0.5, 0.6) is 5.88 Å². The van der Waals surface area contributed by atoms with Crippen molar-refractivity contribution in [3.05, 3.63) is 64.2 Å². The molecule has 4 rings (SSSR count). The van der Waals surface area contributed by atoms with Crippen LogP contribution >= 0.6 is 11.3 Å². The van der Waals surface area contributed by atoms with E-state index in [1.807, 2.05) is 48.7 Å². The number of amides is 2. The van der Waals surface area contributed by atoms with E-state index < -0.39 is 6.04 Å². The van der Waals surface area contributed by atoms with Gasteiger partial charge in [0.2, 0.25) is 5.88 Å². The van der Waals surface area contributed by atoms with E-state index in [1.165, 1.54) is 11.3 Å². The predicted molar refractivity (Wildman–Crippen MR) is 110 cm³/mol. The summed E-state index contributed by atoms with van der Waals surface area (Å²) < 4.78 is 5.23. The number of carbonyl (C=O) groups is 1. The highest BCUT2D eigenvalue weighted by atomic mass is 32.1. The molecule has 4 N–H and O–H groups in total. The van der Waals surface area contributed by atoms with Crippen LogP contribution in [0.3, 0.4) is 0 Å². The minimum absolute atomic E-state index is 0.272. The lowest BCUT2D eigenvalue weighted by molar-refractivity contribution is 0.240. The summed E-state index contributed by atoms with van der Waals surface area (Å²) >= 11 is 1.52. The summed E-state index contributed by atoms with van der Waals surface area (Å²) in [7, 11) is 1.56. The number of nitrogens with two attached hydrogens (primary N) is 1. The fraction of sp³-hybridized carbons (Fsp3) is 0.150. The number of hydrogen-bond acceptors (Lipinski definition) is 6. The maximum atomic E-state index is 12.1. The number of carbonyl (C=O) groups excluding carboxylic acids is 1. The van der Waals surface area contributed by atoms with Crippen LogP contribution < -0.4 is 21.1 Å². The second-order valence-electron chi connectivity index (χ2n) is 6.33. The van der Waals surface area contributed by atoms with Crippen molar-refractivity contribution < 1.29 is 9.53 Å². The van der Waals surface area contributed by atoms with Crippen LogP contribution in [-0.2, 0) is 0 Å². The summed E-state index contributed by atoms with van der Waals surface area (Å²) in [6.07, 6.45) is 0. The number of nitrogens with zero attached hydrogens (tertiary/aromatic N) is 2. The third-order valence-electron chi connectivity index (χ3n) is 4.46. The molecular formula is C20H19N5O2S. The van der Waals surface area contributed by atoms with Gasteiger partial charge >= 0.3 is 6.03 Å². The predicted octanol–water partition coefficient (Wildman–Crippen LogP) is 3.58. The molecular weight excluding hydrogens is 374 g/mol. The molecule has 0 bridgehead atoms. The number of allylic oxidation sites excluding steroid dienone is 1. The van der Waals surface area contributed by atoms with Crippen LogP contribution in [0.25, 0.3) is 16.8 Å². The van der Waals surface area contributed by atoms with Gasteiger partial charge in [-0.15, -0.1) is 11.3 Å². The Morgan fingerprint density at radius 1 is 1.14 bits per heavy atom. The molecule has 0 saturated heterocycles. The van der Waals surface area contributed by atoms with Gasteiger partial charge in [-0.2, -0.15) is 0 Å². The third-order valence-corrected chi connectivity index (χ3v) is 5.34. The summed E-state index contributed by atoms with van der Waals surface area (Å²) in [5.74, 6) is 0.490. The van der Waals surface area contributed by atoms with Crippen molar-refractivity contribution in [2.24, 2.45) is 0 Å². The molecule has 0 fully saturated rings. The number of aromatic nitrogens is 2. The summed E-state index contributed by atoms with van der Waals surface area (Å²) in [5.41, 5.74) is 10.6. The molecule has 0 aliphatic carbocycles. The van der Waals surface area contributed by atoms with Crippen LogP contribution in [0.2, 0.25) is 0 Å². The van der Waals surface area contributed by atoms with Crippen LogP contribution in [0, 0.1) is 0 Å². The Hall–Kier alpha value is -3.39. The number of hydrogen-bond donors (Lipinski definition) is 3. The molecule has 3 heterocycles. The topological polar surface area (TPSA) is 102 Å². The molecule has 1 unspecified atom stereocenters. The fourth-order valence-electron chi connectivity index (χ4n) is 3.09. The number of benzene rings is 1. The number of ether oxygens (including phenoxy) is 1. The van der Waals surface area contributed by atoms with Crippen molar-refractivity contribution in [2.45, 2.75) is 13.0 Å². The molecule has 8 heteroatoms. The number of thiazole rings is 1. The van der Waals surface area contributed by atoms with Crippen molar-refractivity contribution in [2.75, 3.05) is 12.8 Å². The minimum atomic E-state index is -0.422. The molecule has 1 atom stereocenters. The largest absolute Gasteiger partial charge is 0.481 e. The average molecular weight is 393 g/mol. The number of rotatable bonds is 4. The van der Waals surface area contributed by atoms with Gasteiger partial charge in [0.25, 0.3) is 0 Å². The van der Waals surface area contributed by atoms with E-state index in [1.54, 1.807) is 13.2 Å². The van der Waals surface area contributed by atoms with Crippen LogP contribution in [-0.4, -0.2) is 23.1 Å². The highest BCUT2D eigenvalue weighted by molar-refractivity contribution is 7.11. The maximum absolute atomic E-state index is 12.1. The Labute approximate surface area is 166 Å². The third kappa shape index (κ3) is 3.41. The highest BCUT2D eigenvalue weighted by Crippen LogP contribution is 2.37. The molecule has 0 saturated carbocycles. The second kappa shape index (κ2) is 7.32. The number of methoxy groups -OCH3 is 1. The van der Waals surface area contributed by atoms with E-state index in [4.69, 9.17) is 15.5 Å². The van der Waals surface area contributed by atoms with Gasteiger partial charge in [0.05, 0.1) is 18.5 Å². The Morgan fingerprint density at radius 2 is 1.93 bits per heavy atom. The molecule has 1 aliphatic heterocycles. The van der Waals surface area contributed by atoms with Gasteiger partial charge in [-0.1, -0.05) is 18.2 Å². The standard InChI is InChI=1S/C20H19N5O2S/c1-11-17(19-24-15(10-28-19)12-6-8-13(21)9-7-12)18(25-20(26)22-11)14-4-3-5-16(23-14)27-2/h3-10,18H,21H2,1-2H3,(H2,22,25,26). The number of nitrogens with one attached hydrogen (secondary N) is 2. The first-order valence-electron chi connectivity index (χ1n) is 8.66. The quantitative estimate of drug-likeness (QED) is 0.588. The van der Waals surface area contributed by atoms with Gasteiger partial charge in [-0.25, -0.2) is 14.8 Å². The number of nitrogen functional groups attached to an aromatic ring is 1. The lowest BCUT2D eigenvalue weighted by Gasteiger charge is -2.27. The molecule has 2 aromatic heterocycles. The Kier molecular flexibility index (Phi) is 4.70. The average Bonchev–Trinajstić information content (AvgIpc) is 3.17. The molecule has 28 heavy (non-hydrogen) atoms. The van der Waals surface area contributed by atoms with E-state index in [0.717, 1.165) is 27.5 Å². The number of anilines is 1. The lowest BCUT2D eigenvalue weighted by Crippen LogP contribution is -2.43. The van der Waals surface area contributed by atoms with E-state index in [2.05, 4.69) is 15.6 Å². The molecule has 1 aliphatic rings. The molecule has 0 radical (unpaired) electrons. The molecule has 1 aromatic carbocycles. The summed E-state index contributed by atoms with van der Waals surface area (Å²) in [4.78, 5) is 21.4. The molecule has 0 spiro atoms. The van der Waals surface area contributed by atoms with Crippen molar-refractivity contribution in [3.8, 4) is 17.1 Å². The minimum Gasteiger partial charge on any atom is -0.481 e. The van der Waals surface area contributed by atoms with E-state index in [-0.39, 0.29) is 6.03 Å². The van der Waals surface area contributed by atoms with Gasteiger partial charge < -0.3 is 21.1 Å². The first kappa shape index (κ1) is 18.0. The maximum Gasteiger partial charge on any atom is 0.319 e. The fourth-order valence-corrected chi connectivity index (χ4v) is 4.05. The van der Waals surface area contributed by atoms with Gasteiger partial charge in [0.1, 0.15) is 11.0 Å². The summed E-state index contributed by atoms with van der Waals surface area (Å²) in [5, 5.41) is 8.58. The summed E-state index contributed by atoms with van der Waals surface area (Å²) in [6.45, 7) is 1.87. The molecule has 142 valence electrons. The lowest BCUT2D eigenvalue weighted by atomic mass is 10.00. The normalized spacial score (nSPS) is 16.5. The van der Waals surface area contributed by atoms with Gasteiger partial charge in [-0.3, -0.25) is 0 Å². The van der Waals surface area contributed by atoms with E-state index in [0.29, 0.717) is 17.3 Å². The van der Waals surface area contributed by atoms with Gasteiger partial charge in [0.15, 0.2) is 0 Å². The van der Waals surface area contributed by atoms with Crippen molar-refractivity contribution in [1.29, 1.82) is 0 Å². The zero-order valence-corrected chi connectivity index (χ0v) is 16.2. The monoisotopic (exact) mass is 393 g/mol. The summed E-state index contributed by atoms with van der Waals surface area (Å²) in [6, 6.07) is 12.4. The van der Waals surface area contributed by atoms with Gasteiger partial charge in [-0.05, 0) is 25.1 Å². The van der Waals surface area contributed by atoms with Crippen molar-refractivity contribution >= 4 is 28.6 Å². The SMILES string of the molecule is COc1cccc(C2NC(=O)NC(C)=C2c2nc(-c3ccc(N)cc3)cs2)n1. The second-order valence-corrected chi connectivity index (χ2v) is 7.19. The van der Waals surface area contributed by atoms with Crippen LogP contribution in [0.15, 0.2) is 53.5 Å². The van der Waals surface area contributed by atoms with Crippen molar-refractivity contribution in [3.63, 3.8) is 0 Å². The molecule has 7 nitrogen and oxygen atoms in total. The molecule has 2 amide bonds. The highest BCUT2D eigenvalue weighted by Gasteiger charge is 2.30. The van der Waals surface area contributed by atoms with E-state index in [9.17, 15) is 4.79 Å². The van der Waals surface area contributed by atoms with Crippen LogP contribution in [0.4, 0.5) is 10.5 Å². The Morgan fingerprint density at radius 3 is 2.68 bits per heavy atom. The zero-order valence-electron chi connectivity index (χ0n) is 15.4. The number of pyridine rings is 1. The van der Waals surface area contributed by atoms with E-state index >= 15 is 0 Å². The smallest absolute Gasteiger partial charge is 0.319 e. The first-order chi connectivity index (χ1) is 13.5. The zero-order chi connectivity index (χ0) is 19.7. The Bertz CT molecular complexity index is 1060. The first-order valence-corrected chi connectivity index (χ1v) is 9.54. The van der Waals surface area contributed by atoms with Crippen molar-refractivity contribution in [1.82, 2.24) is 20.6 Å². The van der Waals surface area contributed by atoms with Crippen LogP contribution in [0.1, 0.15) is 23.7 Å². The number of urea groups is 1. The molecule has 3 aromatic rings. The Balaban J connectivity index is 1.76. The van der Waals surface area contributed by atoms with Gasteiger partial charge in [0, 0.05) is 34.0 Å².